The second kappa shape index (κ2) is 9.21. The van der Waals surface area contributed by atoms with E-state index in [1.165, 1.54) is 0 Å². The number of amides is 2. The molecule has 1 aromatic carbocycles. The summed E-state index contributed by atoms with van der Waals surface area (Å²) in [6.07, 6.45) is 5.13. The van der Waals surface area contributed by atoms with Crippen LogP contribution in [0.2, 0.25) is 5.02 Å². The number of hydrogen-bond donors (Lipinski definition) is 1. The van der Waals surface area contributed by atoms with Gasteiger partial charge in [-0.3, -0.25) is 14.5 Å². The van der Waals surface area contributed by atoms with Crippen molar-refractivity contribution >= 4 is 29.1 Å². The van der Waals surface area contributed by atoms with Crippen LogP contribution in [0, 0.1) is 0 Å². The fraction of sp³-hybridized carbons (Fsp3) is 0.409. The van der Waals surface area contributed by atoms with Crippen LogP contribution in [-0.4, -0.2) is 82.4 Å². The number of fused-ring (bicyclic) bond motifs is 1. The number of likely N-dealkylation sites (tertiary alicyclic amines) is 1. The molecule has 1 saturated heterocycles. The van der Waals surface area contributed by atoms with E-state index in [2.05, 4.69) is 34.2 Å². The molecule has 0 saturated carbocycles. The average Bonchev–Trinajstić information content (AvgIpc) is 3.14. The zero-order chi connectivity index (χ0) is 22.0. The van der Waals surface area contributed by atoms with Gasteiger partial charge in [0.1, 0.15) is 11.5 Å². The molecule has 1 aromatic heterocycles. The van der Waals surface area contributed by atoms with Crippen LogP contribution in [0.5, 0.6) is 0 Å². The molecule has 8 nitrogen and oxygen atoms in total. The second-order valence-corrected chi connectivity index (χ2v) is 8.55. The Morgan fingerprint density at radius 3 is 2.77 bits per heavy atom. The average molecular weight is 443 g/mol. The highest BCUT2D eigenvalue weighted by Gasteiger charge is 2.27. The van der Waals surface area contributed by atoms with Crippen molar-refractivity contribution in [2.24, 2.45) is 0 Å². The molecule has 164 valence electrons. The second-order valence-electron chi connectivity index (χ2n) is 8.14. The Morgan fingerprint density at radius 1 is 1.26 bits per heavy atom. The number of carbonyl (C=O) groups excluding carboxylic acids is 2. The molecule has 0 radical (unpaired) electrons. The molecule has 3 heterocycles. The lowest BCUT2D eigenvalue weighted by Crippen LogP contribution is -2.57. The van der Waals surface area contributed by atoms with Gasteiger partial charge in [0.05, 0.1) is 23.5 Å². The van der Waals surface area contributed by atoms with Crippen molar-refractivity contribution in [2.75, 3.05) is 45.6 Å². The van der Waals surface area contributed by atoms with Gasteiger partial charge in [-0.05, 0) is 26.2 Å². The molecular weight excluding hydrogens is 416 g/mol. The minimum absolute atomic E-state index is 0.0269. The number of carbonyl (C=O) groups is 2. The third-order valence-electron chi connectivity index (χ3n) is 5.82. The lowest BCUT2D eigenvalue weighted by molar-refractivity contribution is -0.127. The topological polar surface area (TPSA) is 73.7 Å². The fourth-order valence-electron chi connectivity index (χ4n) is 3.80. The number of benzene rings is 1. The fourth-order valence-corrected chi connectivity index (χ4v) is 3.99. The molecule has 1 fully saturated rings. The van der Waals surface area contributed by atoms with Crippen molar-refractivity contribution < 1.29 is 9.59 Å². The summed E-state index contributed by atoms with van der Waals surface area (Å²) in [4.78, 5) is 35.9. The molecule has 0 unspecified atom stereocenters. The first kappa shape index (κ1) is 21.5. The maximum atomic E-state index is 12.7. The number of nitrogens with zero attached hydrogens (tertiary/aromatic N) is 5. The highest BCUT2D eigenvalue weighted by atomic mass is 35.5. The molecule has 0 bridgehead atoms. The highest BCUT2D eigenvalue weighted by Crippen LogP contribution is 2.22. The van der Waals surface area contributed by atoms with Gasteiger partial charge in [-0.1, -0.05) is 29.8 Å². The number of imidazole rings is 1. The van der Waals surface area contributed by atoms with E-state index in [9.17, 15) is 9.59 Å². The van der Waals surface area contributed by atoms with Crippen LogP contribution in [0.15, 0.2) is 42.6 Å². The van der Waals surface area contributed by atoms with E-state index in [0.717, 1.165) is 19.6 Å². The van der Waals surface area contributed by atoms with E-state index in [0.29, 0.717) is 47.9 Å². The minimum Gasteiger partial charge on any atom is -0.330 e. The zero-order valence-electron chi connectivity index (χ0n) is 17.8. The summed E-state index contributed by atoms with van der Waals surface area (Å²) in [6, 6.07) is 7.70. The third kappa shape index (κ3) is 4.81. The van der Waals surface area contributed by atoms with Gasteiger partial charge in [0.15, 0.2) is 0 Å². The van der Waals surface area contributed by atoms with E-state index in [1.807, 2.05) is 22.8 Å². The molecule has 2 aliphatic heterocycles. The van der Waals surface area contributed by atoms with Crippen molar-refractivity contribution in [1.29, 1.82) is 0 Å². The standard InChI is InChI=1S/C22H27ClN6O2/c1-26(2)16-13-27(14-16)9-5-8-21(30)28-10-11-29-19(12-24-20(29)15-28)22(31)25-18-7-4-3-6-17(18)23/h3-8,12,16H,9-11,13-15H2,1-2H3,(H,25,31)/b8-5+. The third-order valence-corrected chi connectivity index (χ3v) is 6.15. The van der Waals surface area contributed by atoms with Crippen molar-refractivity contribution in [3.05, 3.63) is 59.2 Å². The molecule has 1 N–H and O–H groups in total. The molecule has 31 heavy (non-hydrogen) atoms. The molecular formula is C22H27ClN6O2. The Balaban J connectivity index is 1.32. The number of likely N-dealkylation sites (N-methyl/N-ethyl adjacent to an activating group) is 1. The number of halogens is 1. The van der Waals surface area contributed by atoms with Crippen LogP contribution in [-0.2, 0) is 17.9 Å². The number of para-hydroxylation sites is 1. The summed E-state index contributed by atoms with van der Waals surface area (Å²) < 4.78 is 1.86. The van der Waals surface area contributed by atoms with E-state index in [1.54, 1.807) is 29.3 Å². The first-order valence-electron chi connectivity index (χ1n) is 10.4. The van der Waals surface area contributed by atoms with Crippen LogP contribution >= 0.6 is 11.6 Å². The first-order chi connectivity index (χ1) is 14.9. The molecule has 9 heteroatoms. The Kier molecular flexibility index (Phi) is 6.41. The van der Waals surface area contributed by atoms with Crippen LogP contribution in [0.1, 0.15) is 16.3 Å². The van der Waals surface area contributed by atoms with E-state index in [4.69, 9.17) is 11.6 Å². The van der Waals surface area contributed by atoms with Crippen molar-refractivity contribution in [3.8, 4) is 0 Å². The zero-order valence-corrected chi connectivity index (χ0v) is 18.5. The van der Waals surface area contributed by atoms with Gasteiger partial charge in [0, 0.05) is 44.8 Å². The van der Waals surface area contributed by atoms with Gasteiger partial charge in [0.25, 0.3) is 5.91 Å². The Bertz CT molecular complexity index is 996. The molecule has 0 aliphatic carbocycles. The number of anilines is 1. The summed E-state index contributed by atoms with van der Waals surface area (Å²) in [5, 5.41) is 3.30. The van der Waals surface area contributed by atoms with Crippen LogP contribution < -0.4 is 5.32 Å². The molecule has 4 rings (SSSR count). The van der Waals surface area contributed by atoms with Crippen molar-refractivity contribution in [1.82, 2.24) is 24.3 Å². The van der Waals surface area contributed by atoms with Crippen LogP contribution in [0.4, 0.5) is 5.69 Å². The molecule has 0 atom stereocenters. The van der Waals surface area contributed by atoms with Crippen molar-refractivity contribution in [2.45, 2.75) is 19.1 Å². The minimum atomic E-state index is -0.267. The normalized spacial score (nSPS) is 17.1. The van der Waals surface area contributed by atoms with E-state index in [-0.39, 0.29) is 11.8 Å². The summed E-state index contributed by atoms with van der Waals surface area (Å²) in [5.74, 6) is 0.409. The predicted molar refractivity (Wildman–Crippen MR) is 120 cm³/mol. The lowest BCUT2D eigenvalue weighted by atomic mass is 10.1. The molecule has 2 amide bonds. The number of rotatable bonds is 6. The molecule has 0 spiro atoms. The Hall–Kier alpha value is -2.68. The van der Waals surface area contributed by atoms with Crippen molar-refractivity contribution in [3.63, 3.8) is 0 Å². The number of nitrogens with one attached hydrogen (secondary N) is 1. The maximum absolute atomic E-state index is 12.7. The lowest BCUT2D eigenvalue weighted by Gasteiger charge is -2.42. The highest BCUT2D eigenvalue weighted by molar-refractivity contribution is 6.33. The van der Waals surface area contributed by atoms with Gasteiger partial charge in [-0.2, -0.15) is 0 Å². The van der Waals surface area contributed by atoms with Gasteiger partial charge in [-0.25, -0.2) is 4.98 Å². The number of aromatic nitrogens is 2. The molecule has 2 aliphatic rings. The molecule has 2 aromatic rings. The Labute approximate surface area is 187 Å². The quantitative estimate of drug-likeness (QED) is 0.692. The predicted octanol–water partition coefficient (Wildman–Crippen LogP) is 1.93. The smallest absolute Gasteiger partial charge is 0.273 e. The van der Waals surface area contributed by atoms with Crippen LogP contribution in [0.3, 0.4) is 0 Å². The largest absolute Gasteiger partial charge is 0.330 e. The van der Waals surface area contributed by atoms with Gasteiger partial charge < -0.3 is 19.7 Å². The van der Waals surface area contributed by atoms with Gasteiger partial charge >= 0.3 is 0 Å². The van der Waals surface area contributed by atoms with E-state index < -0.39 is 0 Å². The monoisotopic (exact) mass is 442 g/mol. The summed E-state index contributed by atoms with van der Waals surface area (Å²) in [6.45, 7) is 4.29. The number of hydrogen-bond acceptors (Lipinski definition) is 5. The van der Waals surface area contributed by atoms with Gasteiger partial charge in [-0.15, -0.1) is 0 Å². The maximum Gasteiger partial charge on any atom is 0.273 e. The first-order valence-corrected chi connectivity index (χ1v) is 10.7. The van der Waals surface area contributed by atoms with Gasteiger partial charge in [0.2, 0.25) is 5.91 Å². The summed E-state index contributed by atoms with van der Waals surface area (Å²) in [7, 11) is 4.18. The summed E-state index contributed by atoms with van der Waals surface area (Å²) >= 11 is 6.13. The Morgan fingerprint density at radius 2 is 2.03 bits per heavy atom. The SMILES string of the molecule is CN(C)C1CN(C/C=C/C(=O)N2CCn3c(C(=O)Nc4ccccc4Cl)cnc3C2)C1. The van der Waals surface area contributed by atoms with Crippen LogP contribution in [0.25, 0.3) is 0 Å². The van der Waals surface area contributed by atoms with E-state index >= 15 is 0 Å². The summed E-state index contributed by atoms with van der Waals surface area (Å²) in [5.41, 5.74) is 1.02.